The van der Waals surface area contributed by atoms with Gasteiger partial charge in [-0.25, -0.2) is 0 Å². The van der Waals surface area contributed by atoms with Crippen molar-refractivity contribution in [2.24, 2.45) is 5.92 Å². The molecule has 168 valence electrons. The zero-order valence-electron chi connectivity index (χ0n) is 18.7. The predicted octanol–water partition coefficient (Wildman–Crippen LogP) is 4.48. The number of likely N-dealkylation sites (N-methyl/N-ethyl adjacent to an activating group) is 1. The molecule has 2 aliphatic heterocycles. The molecule has 0 aliphatic carbocycles. The molecule has 0 spiro atoms. The lowest BCUT2D eigenvalue weighted by molar-refractivity contribution is -0.121. The zero-order chi connectivity index (χ0) is 21.6. The van der Waals surface area contributed by atoms with E-state index in [1.54, 1.807) is 0 Å². The van der Waals surface area contributed by atoms with Gasteiger partial charge in [-0.05, 0) is 88.5 Å². The number of hydrogen-bond acceptors (Lipinski definition) is 4. The third-order valence-electron chi connectivity index (χ3n) is 7.02. The van der Waals surface area contributed by atoms with Crippen LogP contribution >= 0.6 is 11.6 Å². The fraction of sp³-hybridized carbons (Fsp3) is 0.600. The van der Waals surface area contributed by atoms with E-state index in [-0.39, 0.29) is 5.91 Å². The number of carbonyl (C=O) groups excluding carboxylic acids is 1. The number of nitrogens with one attached hydrogen (secondary N) is 1. The minimum absolute atomic E-state index is 0.228. The Morgan fingerprint density at radius 3 is 2.81 bits per heavy atom. The highest BCUT2D eigenvalue weighted by atomic mass is 35.5. The minimum Gasteiger partial charge on any atom is -0.355 e. The molecule has 3 heterocycles. The molecule has 1 atom stereocenters. The van der Waals surface area contributed by atoms with Crippen molar-refractivity contribution < 1.29 is 4.79 Å². The van der Waals surface area contributed by atoms with Gasteiger partial charge in [0.1, 0.15) is 0 Å². The Morgan fingerprint density at radius 1 is 1.16 bits per heavy atom. The van der Waals surface area contributed by atoms with Crippen molar-refractivity contribution in [1.82, 2.24) is 20.1 Å². The van der Waals surface area contributed by atoms with Crippen LogP contribution in [0.1, 0.15) is 51.1 Å². The second kappa shape index (κ2) is 10.8. The first-order chi connectivity index (χ1) is 15.1. The van der Waals surface area contributed by atoms with E-state index in [9.17, 15) is 4.79 Å². The number of amides is 1. The average molecular weight is 443 g/mol. The maximum atomic E-state index is 12.3. The van der Waals surface area contributed by atoms with Gasteiger partial charge in [0, 0.05) is 36.0 Å². The minimum atomic E-state index is 0.228. The molecule has 31 heavy (non-hydrogen) atoms. The van der Waals surface area contributed by atoms with Crippen LogP contribution < -0.4 is 5.32 Å². The van der Waals surface area contributed by atoms with Crippen molar-refractivity contribution in [2.75, 3.05) is 32.7 Å². The number of nitrogens with zero attached hydrogens (tertiary/aromatic N) is 3. The van der Waals surface area contributed by atoms with E-state index in [0.717, 1.165) is 60.8 Å². The summed E-state index contributed by atoms with van der Waals surface area (Å²) < 4.78 is 0. The van der Waals surface area contributed by atoms with Crippen LogP contribution in [0.5, 0.6) is 0 Å². The molecule has 0 saturated carbocycles. The van der Waals surface area contributed by atoms with E-state index >= 15 is 0 Å². The van der Waals surface area contributed by atoms with Crippen LogP contribution in [-0.4, -0.2) is 59.5 Å². The molecule has 5 nitrogen and oxygen atoms in total. The molecule has 2 aliphatic rings. The van der Waals surface area contributed by atoms with Gasteiger partial charge in [-0.3, -0.25) is 19.6 Å². The Morgan fingerprint density at radius 2 is 2.00 bits per heavy atom. The third kappa shape index (κ3) is 6.18. The first-order valence-electron chi connectivity index (χ1n) is 11.9. The maximum Gasteiger partial charge on any atom is 0.220 e. The van der Waals surface area contributed by atoms with Crippen molar-refractivity contribution in [3.63, 3.8) is 0 Å². The van der Waals surface area contributed by atoms with Gasteiger partial charge in [-0.1, -0.05) is 24.6 Å². The molecular weight excluding hydrogens is 408 g/mol. The summed E-state index contributed by atoms with van der Waals surface area (Å²) in [6, 6.07) is 10.6. The zero-order valence-corrected chi connectivity index (χ0v) is 19.4. The van der Waals surface area contributed by atoms with Crippen LogP contribution in [0, 0.1) is 5.92 Å². The molecule has 0 radical (unpaired) electrons. The number of piperidine rings is 1. The Hall–Kier alpha value is -1.69. The van der Waals surface area contributed by atoms with E-state index in [0.29, 0.717) is 18.4 Å². The summed E-state index contributed by atoms with van der Waals surface area (Å²) in [5, 5.41) is 5.02. The number of hydrogen-bond donors (Lipinski definition) is 1. The number of pyridine rings is 1. The summed E-state index contributed by atoms with van der Waals surface area (Å²) in [5.41, 5.74) is 2.11. The first kappa shape index (κ1) is 22.5. The molecule has 1 amide bonds. The highest BCUT2D eigenvalue weighted by Gasteiger charge is 2.24. The van der Waals surface area contributed by atoms with Gasteiger partial charge in [0.25, 0.3) is 0 Å². The molecule has 4 rings (SSSR count). The van der Waals surface area contributed by atoms with E-state index in [2.05, 4.69) is 34.2 Å². The summed E-state index contributed by atoms with van der Waals surface area (Å²) in [4.78, 5) is 22.1. The Kier molecular flexibility index (Phi) is 7.81. The third-order valence-corrected chi connectivity index (χ3v) is 7.26. The number of carbonyl (C=O) groups is 1. The molecule has 0 unspecified atom stereocenters. The fourth-order valence-electron chi connectivity index (χ4n) is 5.09. The Balaban J connectivity index is 1.16. The van der Waals surface area contributed by atoms with Gasteiger partial charge in [0.05, 0.1) is 11.2 Å². The summed E-state index contributed by atoms with van der Waals surface area (Å²) in [6.07, 6.45) is 6.49. The Bertz CT molecular complexity index is 881. The number of halogens is 1. The summed E-state index contributed by atoms with van der Waals surface area (Å²) in [5.74, 6) is 0.887. The topological polar surface area (TPSA) is 48.5 Å². The van der Waals surface area contributed by atoms with Gasteiger partial charge < -0.3 is 5.32 Å². The molecule has 1 aromatic carbocycles. The van der Waals surface area contributed by atoms with Gasteiger partial charge in [0.2, 0.25) is 5.91 Å². The van der Waals surface area contributed by atoms with E-state index in [1.165, 1.54) is 32.2 Å². The smallest absolute Gasteiger partial charge is 0.220 e. The largest absolute Gasteiger partial charge is 0.355 e. The van der Waals surface area contributed by atoms with Crippen molar-refractivity contribution in [2.45, 2.75) is 58.0 Å². The highest BCUT2D eigenvalue weighted by Crippen LogP contribution is 2.24. The fourth-order valence-corrected chi connectivity index (χ4v) is 5.27. The molecule has 1 N–H and O–H groups in total. The van der Waals surface area contributed by atoms with Gasteiger partial charge in [-0.2, -0.15) is 0 Å². The van der Waals surface area contributed by atoms with Crippen LogP contribution in [-0.2, 0) is 11.3 Å². The van der Waals surface area contributed by atoms with E-state index < -0.39 is 0 Å². The number of likely N-dealkylation sites (tertiary alicyclic amines) is 2. The monoisotopic (exact) mass is 442 g/mol. The van der Waals surface area contributed by atoms with Crippen LogP contribution in [0.15, 0.2) is 30.3 Å². The van der Waals surface area contributed by atoms with Crippen LogP contribution in [0.2, 0.25) is 5.02 Å². The molecule has 6 heteroatoms. The lowest BCUT2D eigenvalue weighted by Crippen LogP contribution is -2.40. The van der Waals surface area contributed by atoms with Crippen molar-refractivity contribution in [3.05, 3.63) is 41.0 Å². The number of rotatable bonds is 8. The maximum absolute atomic E-state index is 12.3. The standard InChI is InChI=1S/C25H35ClN4O/c1-2-30-13-3-4-23(30)17-27-25(31)10-5-19-11-14-29(15-12-19)18-22-8-6-20-16-21(26)7-9-24(20)28-22/h6-9,16,19,23H,2-5,10-15,17-18H2,1H3,(H,27,31)/t23-/m1/s1. The molecule has 2 fully saturated rings. The SMILES string of the molecule is CCN1CCC[C@@H]1CNC(=O)CCC1CCN(Cc2ccc3cc(Cl)ccc3n2)CC1. The predicted molar refractivity (Wildman–Crippen MR) is 127 cm³/mol. The molecular formula is C25H35ClN4O. The van der Waals surface area contributed by atoms with Crippen LogP contribution in [0.4, 0.5) is 0 Å². The van der Waals surface area contributed by atoms with E-state index in [4.69, 9.17) is 16.6 Å². The summed E-state index contributed by atoms with van der Waals surface area (Å²) in [7, 11) is 0. The first-order valence-corrected chi connectivity index (χ1v) is 12.3. The second-order valence-corrected chi connectivity index (χ2v) is 9.56. The van der Waals surface area contributed by atoms with Crippen LogP contribution in [0.25, 0.3) is 10.9 Å². The number of fused-ring (bicyclic) bond motifs is 1. The molecule has 2 saturated heterocycles. The number of aromatic nitrogens is 1. The van der Waals surface area contributed by atoms with Gasteiger partial charge in [-0.15, -0.1) is 0 Å². The molecule has 1 aromatic heterocycles. The van der Waals surface area contributed by atoms with Gasteiger partial charge in [0.15, 0.2) is 0 Å². The Labute approximate surface area is 191 Å². The average Bonchev–Trinajstić information content (AvgIpc) is 3.25. The van der Waals surface area contributed by atoms with Crippen molar-refractivity contribution >= 4 is 28.4 Å². The second-order valence-electron chi connectivity index (χ2n) is 9.13. The quantitative estimate of drug-likeness (QED) is 0.654. The lowest BCUT2D eigenvalue weighted by atomic mass is 9.92. The van der Waals surface area contributed by atoms with Crippen molar-refractivity contribution in [3.8, 4) is 0 Å². The number of benzene rings is 1. The van der Waals surface area contributed by atoms with Crippen LogP contribution in [0.3, 0.4) is 0 Å². The van der Waals surface area contributed by atoms with E-state index in [1.807, 2.05) is 18.2 Å². The van der Waals surface area contributed by atoms with Crippen molar-refractivity contribution in [1.29, 1.82) is 0 Å². The van der Waals surface area contributed by atoms with Gasteiger partial charge >= 0.3 is 0 Å². The normalized spacial score (nSPS) is 21.0. The molecule has 0 bridgehead atoms. The summed E-state index contributed by atoms with van der Waals surface area (Å²) in [6.45, 7) is 8.34. The lowest BCUT2D eigenvalue weighted by Gasteiger charge is -2.31. The highest BCUT2D eigenvalue weighted by molar-refractivity contribution is 6.31. The summed E-state index contributed by atoms with van der Waals surface area (Å²) >= 11 is 6.07. The molecule has 2 aromatic rings.